The maximum absolute atomic E-state index is 16.6. The van der Waals surface area contributed by atoms with Crippen molar-refractivity contribution in [1.29, 1.82) is 0 Å². The number of Topliss-reactive ketones (excluding diaryl/α,β-unsaturated/α-hetero) is 4. The molecule has 0 unspecified atom stereocenters. The van der Waals surface area contributed by atoms with Crippen LogP contribution in [0.2, 0.25) is 0 Å². The Morgan fingerprint density at radius 3 is 1.01 bits per heavy atom. The minimum Gasteiger partial charge on any atom is -0.459 e. The monoisotopic (exact) mass is 1320 g/mol. The van der Waals surface area contributed by atoms with Gasteiger partial charge in [-0.1, -0.05) is 170 Å². The van der Waals surface area contributed by atoms with Crippen molar-refractivity contribution in [1.82, 2.24) is 0 Å². The SMILES string of the molecule is O=C1C(=Cc2cc3c(s2)C2=C(c4sc5cc(C=C6C(=O)c7cc8cc9ccccc9cc8cc7C6=O)sc5c4C2(C(=O)OCc2ccccc2)C(=O)OCc2ccccc2)C3(C(=O)OCc2ccccc2)C(=O)OCc2ccccc2)C(=O)c2cc3cc4ccccc4cc3cc21. The Bertz CT molecular complexity index is 5490. The second-order valence-corrected chi connectivity index (χ2v) is 27.6. The number of allylic oxidation sites excluding steroid dienone is 2. The lowest BCUT2D eigenvalue weighted by atomic mass is 9.76. The van der Waals surface area contributed by atoms with Gasteiger partial charge < -0.3 is 18.9 Å². The van der Waals surface area contributed by atoms with Gasteiger partial charge in [0.1, 0.15) is 26.4 Å². The predicted molar refractivity (Wildman–Crippen MR) is 375 cm³/mol. The normalized spacial score (nSPS) is 14.7. The highest BCUT2D eigenvalue weighted by atomic mass is 32.1. The van der Waals surface area contributed by atoms with E-state index in [0.717, 1.165) is 77.1 Å². The summed E-state index contributed by atoms with van der Waals surface area (Å²) >= 11 is 3.15. The molecule has 0 saturated heterocycles. The minimum atomic E-state index is -2.69. The summed E-state index contributed by atoms with van der Waals surface area (Å²) in [5.74, 6) is -6.52. The summed E-state index contributed by atoms with van der Waals surface area (Å²) < 4.78 is 26.5. The number of hydrogen-bond acceptors (Lipinski definition) is 15. The molecule has 0 radical (unpaired) electrons. The standard InChI is InChI=1S/C82H48O12S3/c83-70-59-33-53-29-49-25-13-14-26-50(49)30-54(53)34-60(59)71(84)63(70)37-57-39-65-74(95-57)67-68(81(65,77(87)91-41-45-17-5-1-6-18-45)78(88)92-42-46-19-7-2-8-20-46)76-69(82(67,79(89)93-43-47-21-9-3-10-22-47)80(90)94-44-48-23-11-4-12-24-48)75-66(97-76)40-58(96-75)38-64-72(85)61-35-55-31-51-27-15-16-28-52(51)32-56(55)36-62(61)73(64)86/h1-40H,41-44H2. The molecule has 4 aliphatic rings. The molecule has 15 heteroatoms. The van der Waals surface area contributed by atoms with E-state index in [9.17, 15) is 19.2 Å². The van der Waals surface area contributed by atoms with Gasteiger partial charge in [0.15, 0.2) is 23.1 Å². The van der Waals surface area contributed by atoms with Crippen molar-refractivity contribution in [2.24, 2.45) is 0 Å². The summed E-state index contributed by atoms with van der Waals surface area (Å²) in [7, 11) is 0. The van der Waals surface area contributed by atoms with E-state index in [-0.39, 0.29) is 96.7 Å². The molecule has 12 nitrogen and oxygen atoms in total. The fourth-order valence-corrected chi connectivity index (χ4v) is 18.1. The van der Waals surface area contributed by atoms with Gasteiger partial charge in [0.05, 0.1) is 15.8 Å². The minimum absolute atomic E-state index is 0.0281. The largest absolute Gasteiger partial charge is 0.459 e. The zero-order valence-electron chi connectivity index (χ0n) is 51.0. The molecule has 466 valence electrons. The molecule has 0 saturated carbocycles. The zero-order valence-corrected chi connectivity index (χ0v) is 53.5. The Hall–Kier alpha value is -11.6. The van der Waals surface area contributed by atoms with Gasteiger partial charge in [0.2, 0.25) is 10.8 Å². The summed E-state index contributed by atoms with van der Waals surface area (Å²) in [5.41, 5.74) is -2.68. The van der Waals surface area contributed by atoms with Crippen molar-refractivity contribution in [3.05, 3.63) is 317 Å². The highest BCUT2D eigenvalue weighted by molar-refractivity contribution is 7.29. The van der Waals surface area contributed by atoms with E-state index >= 15 is 19.2 Å². The first-order valence-corrected chi connectivity index (χ1v) is 33.7. The lowest BCUT2D eigenvalue weighted by Crippen LogP contribution is -2.45. The predicted octanol–water partition coefficient (Wildman–Crippen LogP) is 16.9. The van der Waals surface area contributed by atoms with E-state index in [1.54, 1.807) is 152 Å². The molecule has 0 aliphatic heterocycles. The van der Waals surface area contributed by atoms with Crippen LogP contribution >= 0.6 is 34.0 Å². The molecule has 4 aliphatic carbocycles. The number of ether oxygens (including phenoxy) is 4. The van der Waals surface area contributed by atoms with Gasteiger partial charge in [0, 0.05) is 68.7 Å². The fraction of sp³-hybridized carbons (Fsp3) is 0.0732. The smallest absolute Gasteiger partial charge is 0.333 e. The molecule has 13 aromatic rings. The van der Waals surface area contributed by atoms with Crippen LogP contribution in [0.5, 0.6) is 0 Å². The summed E-state index contributed by atoms with van der Waals surface area (Å²) in [4.78, 5) is 126. The van der Waals surface area contributed by atoms with E-state index < -0.39 is 57.8 Å². The fourth-order valence-electron chi connectivity index (χ4n) is 14.0. The van der Waals surface area contributed by atoms with Crippen LogP contribution in [0.3, 0.4) is 0 Å². The highest BCUT2D eigenvalue weighted by Crippen LogP contribution is 2.69. The topological polar surface area (TPSA) is 173 Å². The molecule has 17 rings (SSSR count). The number of fused-ring (bicyclic) bond motifs is 12. The Morgan fingerprint density at radius 1 is 0.330 bits per heavy atom. The highest BCUT2D eigenvalue weighted by Gasteiger charge is 2.72. The molecule has 10 aromatic carbocycles. The molecule has 0 atom stereocenters. The Kier molecular flexibility index (Phi) is 14.1. The van der Waals surface area contributed by atoms with Crippen LogP contribution in [-0.4, -0.2) is 47.0 Å². The zero-order chi connectivity index (χ0) is 65.8. The molecule has 0 amide bonds. The average Bonchev–Trinajstić information content (AvgIpc) is 1.48. The Morgan fingerprint density at radius 2 is 0.649 bits per heavy atom. The first-order valence-electron chi connectivity index (χ1n) is 31.2. The third-order valence-corrected chi connectivity index (χ3v) is 22.1. The van der Waals surface area contributed by atoms with E-state index in [1.807, 2.05) is 72.8 Å². The van der Waals surface area contributed by atoms with Crippen molar-refractivity contribution >= 4 is 157 Å². The van der Waals surface area contributed by atoms with Crippen molar-refractivity contribution < 1.29 is 57.3 Å². The van der Waals surface area contributed by atoms with Crippen molar-refractivity contribution in [3.8, 4) is 0 Å². The van der Waals surface area contributed by atoms with Crippen LogP contribution in [0.4, 0.5) is 0 Å². The van der Waals surface area contributed by atoms with Crippen molar-refractivity contribution in [3.63, 3.8) is 0 Å². The lowest BCUT2D eigenvalue weighted by molar-refractivity contribution is -0.165. The van der Waals surface area contributed by atoms with Gasteiger partial charge in [-0.15, -0.1) is 34.0 Å². The number of benzene rings is 10. The summed E-state index contributed by atoms with van der Waals surface area (Å²) in [5, 5.41) is 6.94. The Labute approximate surface area is 564 Å². The van der Waals surface area contributed by atoms with Crippen LogP contribution in [-0.2, 0) is 75.4 Å². The second kappa shape index (κ2) is 23.1. The number of hydrogen-bond donors (Lipinski definition) is 0. The van der Waals surface area contributed by atoms with Crippen LogP contribution in [0.15, 0.2) is 242 Å². The molecule has 0 spiro atoms. The maximum Gasteiger partial charge on any atom is 0.333 e. The Balaban J connectivity index is 0.889. The van der Waals surface area contributed by atoms with E-state index in [1.165, 1.54) is 18.2 Å². The summed E-state index contributed by atoms with van der Waals surface area (Å²) in [6.07, 6.45) is 2.94. The molecule has 3 aromatic heterocycles. The van der Waals surface area contributed by atoms with Gasteiger partial charge in [0.25, 0.3) is 0 Å². The van der Waals surface area contributed by atoms with Crippen molar-refractivity contribution in [2.75, 3.05) is 0 Å². The van der Waals surface area contributed by atoms with Gasteiger partial charge in [-0.3, -0.25) is 38.4 Å². The molecule has 0 fully saturated rings. The number of esters is 4. The van der Waals surface area contributed by atoms with Crippen LogP contribution in [0, 0.1) is 0 Å². The first kappa shape index (κ1) is 59.1. The van der Waals surface area contributed by atoms with Crippen LogP contribution in [0.1, 0.15) is 94.3 Å². The van der Waals surface area contributed by atoms with Crippen LogP contribution in [0.25, 0.3) is 75.8 Å². The van der Waals surface area contributed by atoms with Gasteiger partial charge >= 0.3 is 23.9 Å². The van der Waals surface area contributed by atoms with E-state index in [4.69, 9.17) is 18.9 Å². The van der Waals surface area contributed by atoms with E-state index in [0.29, 0.717) is 36.5 Å². The number of thiophene rings is 3. The summed E-state index contributed by atoms with van der Waals surface area (Å²) in [6, 6.07) is 69.2. The molecule has 3 heterocycles. The maximum atomic E-state index is 16.6. The number of carbonyl (C=O) groups is 8. The number of ketones is 4. The number of rotatable bonds is 14. The van der Waals surface area contributed by atoms with Gasteiger partial charge in [-0.05, 0) is 138 Å². The van der Waals surface area contributed by atoms with Gasteiger partial charge in [-0.2, -0.15) is 0 Å². The average molecular weight is 1320 g/mol. The summed E-state index contributed by atoms with van der Waals surface area (Å²) in [6.45, 7) is -1.35. The first-order chi connectivity index (χ1) is 47.3. The third kappa shape index (κ3) is 9.43. The van der Waals surface area contributed by atoms with Crippen LogP contribution < -0.4 is 0 Å². The second-order valence-electron chi connectivity index (χ2n) is 24.4. The number of carbonyl (C=O) groups excluding carboxylic acids is 8. The molecular formula is C82H48O12S3. The lowest BCUT2D eigenvalue weighted by Gasteiger charge is -2.29. The quantitative estimate of drug-likeness (QED) is 0.0252. The van der Waals surface area contributed by atoms with Gasteiger partial charge in [-0.25, -0.2) is 0 Å². The van der Waals surface area contributed by atoms with E-state index in [2.05, 4.69) is 0 Å². The van der Waals surface area contributed by atoms with Crippen molar-refractivity contribution in [2.45, 2.75) is 37.3 Å². The third-order valence-electron chi connectivity index (χ3n) is 18.7. The molecule has 0 bridgehead atoms. The molecule has 0 N–H and O–H groups in total. The molecular weight excluding hydrogens is 1270 g/mol. The molecule has 97 heavy (non-hydrogen) atoms.